The van der Waals surface area contributed by atoms with E-state index in [0.717, 1.165) is 30.8 Å². The smallest absolute Gasteiger partial charge is 0.310 e. The normalized spacial score (nSPS) is 21.1. The second-order valence-electron chi connectivity index (χ2n) is 4.36. The Hall–Kier alpha value is -1.55. The summed E-state index contributed by atoms with van der Waals surface area (Å²) in [5, 5.41) is 12.1. The van der Waals surface area contributed by atoms with E-state index in [1.54, 1.807) is 6.92 Å². The van der Waals surface area contributed by atoms with Crippen molar-refractivity contribution in [1.29, 1.82) is 0 Å². The summed E-state index contributed by atoms with van der Waals surface area (Å²) in [7, 11) is 0. The van der Waals surface area contributed by atoms with Gasteiger partial charge in [-0.2, -0.15) is 0 Å². The highest BCUT2D eigenvalue weighted by Crippen LogP contribution is 2.21. The highest BCUT2D eigenvalue weighted by molar-refractivity contribution is 5.75. The maximum atomic E-state index is 10.8. The molecule has 17 heavy (non-hydrogen) atoms. The van der Waals surface area contributed by atoms with Crippen molar-refractivity contribution in [2.75, 3.05) is 13.1 Å². The Balaban J connectivity index is 1.99. The van der Waals surface area contributed by atoms with Crippen LogP contribution in [0.4, 0.5) is 0 Å². The molecule has 4 nitrogen and oxygen atoms in total. The average molecular weight is 235 g/mol. The summed E-state index contributed by atoms with van der Waals surface area (Å²) in [6.45, 7) is 3.56. The van der Waals surface area contributed by atoms with Crippen LogP contribution >= 0.6 is 0 Å². The predicted molar refractivity (Wildman–Crippen MR) is 64.4 cm³/mol. The number of carboxylic acids is 1. The SMILES string of the molecule is CC(C(=O)O)c1ccc(O[C@H]2CCNC2)cc1. The highest BCUT2D eigenvalue weighted by Gasteiger charge is 2.17. The van der Waals surface area contributed by atoms with Crippen molar-refractivity contribution >= 4 is 5.97 Å². The summed E-state index contributed by atoms with van der Waals surface area (Å²) in [6, 6.07) is 7.31. The zero-order chi connectivity index (χ0) is 12.3. The van der Waals surface area contributed by atoms with Gasteiger partial charge in [-0.15, -0.1) is 0 Å². The molecule has 1 aliphatic rings. The number of hydrogen-bond donors (Lipinski definition) is 2. The van der Waals surface area contributed by atoms with E-state index in [0.29, 0.717) is 0 Å². The van der Waals surface area contributed by atoms with Gasteiger partial charge in [0.15, 0.2) is 0 Å². The minimum absolute atomic E-state index is 0.234. The number of carbonyl (C=O) groups is 1. The molecule has 0 aliphatic carbocycles. The van der Waals surface area contributed by atoms with Crippen LogP contribution < -0.4 is 10.1 Å². The first-order valence-corrected chi connectivity index (χ1v) is 5.87. The van der Waals surface area contributed by atoms with E-state index >= 15 is 0 Å². The van der Waals surface area contributed by atoms with Crippen LogP contribution in [-0.2, 0) is 4.79 Å². The van der Waals surface area contributed by atoms with Gasteiger partial charge < -0.3 is 15.2 Å². The molecule has 2 atom stereocenters. The van der Waals surface area contributed by atoms with Gasteiger partial charge in [-0.1, -0.05) is 12.1 Å². The minimum Gasteiger partial charge on any atom is -0.489 e. The standard InChI is InChI=1S/C13H17NO3/c1-9(13(15)16)10-2-4-11(5-3-10)17-12-6-7-14-8-12/h2-5,9,12,14H,6-8H2,1H3,(H,15,16)/t9?,12-/m0/s1. The van der Waals surface area contributed by atoms with E-state index < -0.39 is 11.9 Å². The van der Waals surface area contributed by atoms with E-state index in [9.17, 15) is 4.79 Å². The number of nitrogens with one attached hydrogen (secondary N) is 1. The molecular formula is C13H17NO3. The second kappa shape index (κ2) is 5.19. The van der Waals surface area contributed by atoms with E-state index in [4.69, 9.17) is 9.84 Å². The molecule has 1 saturated heterocycles. The Bertz CT molecular complexity index is 382. The first-order chi connectivity index (χ1) is 8.16. The van der Waals surface area contributed by atoms with Gasteiger partial charge >= 0.3 is 5.97 Å². The third-order valence-electron chi connectivity index (χ3n) is 3.07. The third-order valence-corrected chi connectivity index (χ3v) is 3.07. The molecule has 2 N–H and O–H groups in total. The topological polar surface area (TPSA) is 58.6 Å². The Morgan fingerprint density at radius 2 is 2.18 bits per heavy atom. The largest absolute Gasteiger partial charge is 0.489 e. The summed E-state index contributed by atoms with van der Waals surface area (Å²) in [5.41, 5.74) is 0.800. The van der Waals surface area contributed by atoms with Crippen LogP contribution in [0.15, 0.2) is 24.3 Å². The summed E-state index contributed by atoms with van der Waals surface area (Å²) >= 11 is 0. The molecular weight excluding hydrogens is 218 g/mol. The molecule has 2 rings (SSSR count). The van der Waals surface area contributed by atoms with Gasteiger partial charge in [0.25, 0.3) is 0 Å². The van der Waals surface area contributed by atoms with Gasteiger partial charge in [-0.05, 0) is 37.6 Å². The molecule has 1 fully saturated rings. The van der Waals surface area contributed by atoms with Gasteiger partial charge in [0.05, 0.1) is 5.92 Å². The molecule has 1 aromatic carbocycles. The molecule has 0 aromatic heterocycles. The molecule has 0 spiro atoms. The van der Waals surface area contributed by atoms with Crippen LogP contribution in [-0.4, -0.2) is 30.3 Å². The van der Waals surface area contributed by atoms with Crippen LogP contribution in [0.3, 0.4) is 0 Å². The Kier molecular flexibility index (Phi) is 3.64. The first-order valence-electron chi connectivity index (χ1n) is 5.87. The van der Waals surface area contributed by atoms with Crippen LogP contribution in [0.2, 0.25) is 0 Å². The fourth-order valence-electron chi connectivity index (χ4n) is 1.90. The average Bonchev–Trinajstić information content (AvgIpc) is 2.82. The van der Waals surface area contributed by atoms with Crippen molar-refractivity contribution < 1.29 is 14.6 Å². The molecule has 1 heterocycles. The Labute approximate surface area is 101 Å². The first kappa shape index (κ1) is 11.9. The molecule has 1 aromatic rings. The zero-order valence-corrected chi connectivity index (χ0v) is 9.85. The lowest BCUT2D eigenvalue weighted by molar-refractivity contribution is -0.138. The van der Waals surface area contributed by atoms with Gasteiger partial charge in [0, 0.05) is 6.54 Å². The molecule has 92 valence electrons. The van der Waals surface area contributed by atoms with Gasteiger partial charge in [-0.25, -0.2) is 0 Å². The quantitative estimate of drug-likeness (QED) is 0.832. The lowest BCUT2D eigenvalue weighted by Crippen LogP contribution is -2.19. The number of rotatable bonds is 4. The Morgan fingerprint density at radius 1 is 1.47 bits per heavy atom. The Morgan fingerprint density at radius 3 is 2.71 bits per heavy atom. The van der Waals surface area contributed by atoms with Crippen LogP contribution in [0.25, 0.3) is 0 Å². The van der Waals surface area contributed by atoms with Crippen molar-refractivity contribution in [1.82, 2.24) is 5.32 Å². The predicted octanol–water partition coefficient (Wildman–Crippen LogP) is 1.62. The molecule has 1 aliphatic heterocycles. The van der Waals surface area contributed by atoms with E-state index in [1.807, 2.05) is 24.3 Å². The number of aliphatic carboxylic acids is 1. The molecule has 0 bridgehead atoms. The summed E-state index contributed by atoms with van der Waals surface area (Å²) in [5.74, 6) is -0.476. The van der Waals surface area contributed by atoms with Crippen molar-refractivity contribution in [3.8, 4) is 5.75 Å². The summed E-state index contributed by atoms with van der Waals surface area (Å²) in [6.07, 6.45) is 1.26. The van der Waals surface area contributed by atoms with E-state index in [1.165, 1.54) is 0 Å². The lowest BCUT2D eigenvalue weighted by Gasteiger charge is -2.13. The molecule has 0 amide bonds. The fraction of sp³-hybridized carbons (Fsp3) is 0.462. The number of carboxylic acid groups (broad SMARTS) is 1. The minimum atomic E-state index is -0.807. The number of hydrogen-bond acceptors (Lipinski definition) is 3. The van der Waals surface area contributed by atoms with Gasteiger partial charge in [-0.3, -0.25) is 4.79 Å². The van der Waals surface area contributed by atoms with E-state index in [2.05, 4.69) is 5.32 Å². The van der Waals surface area contributed by atoms with Crippen molar-refractivity contribution in [3.05, 3.63) is 29.8 Å². The lowest BCUT2D eigenvalue weighted by atomic mass is 10.0. The number of benzene rings is 1. The molecule has 0 radical (unpaired) electrons. The maximum absolute atomic E-state index is 10.8. The van der Waals surface area contributed by atoms with Gasteiger partial charge in [0.1, 0.15) is 11.9 Å². The fourth-order valence-corrected chi connectivity index (χ4v) is 1.90. The third kappa shape index (κ3) is 2.97. The molecule has 1 unspecified atom stereocenters. The highest BCUT2D eigenvalue weighted by atomic mass is 16.5. The van der Waals surface area contributed by atoms with Crippen LogP contribution in [0.1, 0.15) is 24.8 Å². The molecule has 0 saturated carbocycles. The summed E-state index contributed by atoms with van der Waals surface area (Å²) < 4.78 is 5.76. The van der Waals surface area contributed by atoms with Crippen molar-refractivity contribution in [2.24, 2.45) is 0 Å². The van der Waals surface area contributed by atoms with E-state index in [-0.39, 0.29) is 6.10 Å². The van der Waals surface area contributed by atoms with Gasteiger partial charge in [0.2, 0.25) is 0 Å². The number of ether oxygens (including phenoxy) is 1. The van der Waals surface area contributed by atoms with Crippen molar-refractivity contribution in [2.45, 2.75) is 25.4 Å². The zero-order valence-electron chi connectivity index (χ0n) is 9.85. The van der Waals surface area contributed by atoms with Crippen molar-refractivity contribution in [3.63, 3.8) is 0 Å². The second-order valence-corrected chi connectivity index (χ2v) is 4.36. The monoisotopic (exact) mass is 235 g/mol. The summed E-state index contributed by atoms with van der Waals surface area (Å²) in [4.78, 5) is 10.8. The molecule has 4 heteroatoms. The maximum Gasteiger partial charge on any atom is 0.310 e. The van der Waals surface area contributed by atoms with Crippen LogP contribution in [0.5, 0.6) is 5.75 Å². The van der Waals surface area contributed by atoms with Crippen LogP contribution in [0, 0.1) is 0 Å².